The van der Waals surface area contributed by atoms with Crippen LogP contribution in [0.25, 0.3) is 0 Å². The number of nitrogens with two attached hydrogens (primary N) is 1. The van der Waals surface area contributed by atoms with Crippen LogP contribution in [0.5, 0.6) is 0 Å². The Balaban J connectivity index is 2.59. The molecule has 0 aliphatic carbocycles. The molecule has 4 nitrogen and oxygen atoms in total. The van der Waals surface area contributed by atoms with E-state index in [1.807, 2.05) is 12.1 Å². The van der Waals surface area contributed by atoms with Crippen molar-refractivity contribution < 1.29 is 0 Å². The van der Waals surface area contributed by atoms with E-state index < -0.39 is 0 Å². The second kappa shape index (κ2) is 5.99. The molecule has 80 valence electrons. The molecular weight excluding hydrogens is 188 g/mol. The molecule has 0 saturated heterocycles. The molecule has 0 saturated carbocycles. The first-order valence-corrected chi connectivity index (χ1v) is 5.13. The van der Waals surface area contributed by atoms with Crippen LogP contribution in [0.15, 0.2) is 18.3 Å². The van der Waals surface area contributed by atoms with Gasteiger partial charge in [-0.2, -0.15) is 5.26 Å². The van der Waals surface area contributed by atoms with Gasteiger partial charge in [-0.1, -0.05) is 13.3 Å². The summed E-state index contributed by atoms with van der Waals surface area (Å²) < 4.78 is 0. The molecule has 1 rings (SSSR count). The van der Waals surface area contributed by atoms with Crippen molar-refractivity contribution in [1.82, 2.24) is 4.98 Å². The SMILES string of the molecule is CCCC(CN)Nc1ccc(C#N)nc1. The molecule has 0 aliphatic rings. The molecule has 0 aliphatic heterocycles. The van der Waals surface area contributed by atoms with Gasteiger partial charge in [0, 0.05) is 12.6 Å². The Morgan fingerprint density at radius 1 is 1.60 bits per heavy atom. The maximum atomic E-state index is 8.59. The van der Waals surface area contributed by atoms with Gasteiger partial charge in [0.15, 0.2) is 0 Å². The maximum absolute atomic E-state index is 8.59. The van der Waals surface area contributed by atoms with Crippen molar-refractivity contribution in [3.63, 3.8) is 0 Å². The van der Waals surface area contributed by atoms with Crippen molar-refractivity contribution in [3.05, 3.63) is 24.0 Å². The number of hydrogen-bond acceptors (Lipinski definition) is 4. The fourth-order valence-corrected chi connectivity index (χ4v) is 1.38. The fourth-order valence-electron chi connectivity index (χ4n) is 1.38. The highest BCUT2D eigenvalue weighted by molar-refractivity contribution is 5.43. The molecule has 3 N–H and O–H groups in total. The summed E-state index contributed by atoms with van der Waals surface area (Å²) in [6, 6.07) is 5.81. The highest BCUT2D eigenvalue weighted by atomic mass is 14.9. The largest absolute Gasteiger partial charge is 0.380 e. The van der Waals surface area contributed by atoms with Gasteiger partial charge in [0.2, 0.25) is 0 Å². The van der Waals surface area contributed by atoms with Gasteiger partial charge >= 0.3 is 0 Å². The summed E-state index contributed by atoms with van der Waals surface area (Å²) in [5, 5.41) is 11.9. The van der Waals surface area contributed by atoms with Gasteiger partial charge < -0.3 is 11.1 Å². The standard InChI is InChI=1S/C11H16N4/c1-2-3-10(7-13)15-11-5-4-9(6-12)14-8-11/h4-5,8,10,15H,2-3,7,13H2,1H3. The number of hydrogen-bond donors (Lipinski definition) is 2. The van der Waals surface area contributed by atoms with Crippen LogP contribution in [0, 0.1) is 11.3 Å². The zero-order valence-electron chi connectivity index (χ0n) is 8.90. The summed E-state index contributed by atoms with van der Waals surface area (Å²) >= 11 is 0. The van der Waals surface area contributed by atoms with E-state index in [-0.39, 0.29) is 6.04 Å². The van der Waals surface area contributed by atoms with Crippen LogP contribution >= 0.6 is 0 Å². The lowest BCUT2D eigenvalue weighted by Gasteiger charge is -2.16. The maximum Gasteiger partial charge on any atom is 0.140 e. The normalized spacial score (nSPS) is 11.8. The third-order valence-corrected chi connectivity index (χ3v) is 2.17. The first-order valence-electron chi connectivity index (χ1n) is 5.13. The summed E-state index contributed by atoms with van der Waals surface area (Å²) in [6.07, 6.45) is 3.80. The third-order valence-electron chi connectivity index (χ3n) is 2.17. The summed E-state index contributed by atoms with van der Waals surface area (Å²) in [7, 11) is 0. The number of nitrogens with one attached hydrogen (secondary N) is 1. The molecule has 15 heavy (non-hydrogen) atoms. The van der Waals surface area contributed by atoms with Crippen LogP contribution in [-0.2, 0) is 0 Å². The highest BCUT2D eigenvalue weighted by Crippen LogP contribution is 2.09. The number of nitrogens with zero attached hydrogens (tertiary/aromatic N) is 2. The molecule has 1 aromatic rings. The Kier molecular flexibility index (Phi) is 4.58. The van der Waals surface area contributed by atoms with Gasteiger partial charge in [-0.3, -0.25) is 0 Å². The Morgan fingerprint density at radius 3 is 2.87 bits per heavy atom. The zero-order valence-corrected chi connectivity index (χ0v) is 8.90. The van der Waals surface area contributed by atoms with E-state index in [2.05, 4.69) is 17.2 Å². The molecule has 1 unspecified atom stereocenters. The molecule has 4 heteroatoms. The van der Waals surface area contributed by atoms with E-state index in [0.29, 0.717) is 12.2 Å². The van der Waals surface area contributed by atoms with Gasteiger partial charge in [0.05, 0.1) is 11.9 Å². The van der Waals surface area contributed by atoms with Gasteiger partial charge in [0.25, 0.3) is 0 Å². The fraction of sp³-hybridized carbons (Fsp3) is 0.455. The summed E-state index contributed by atoms with van der Waals surface area (Å²) in [4.78, 5) is 3.98. The van der Waals surface area contributed by atoms with Crippen molar-refractivity contribution in [1.29, 1.82) is 5.26 Å². The second-order valence-electron chi connectivity index (χ2n) is 3.41. The average molecular weight is 204 g/mol. The van der Waals surface area contributed by atoms with E-state index in [1.165, 1.54) is 0 Å². The molecule has 1 heterocycles. The minimum Gasteiger partial charge on any atom is -0.380 e. The number of aromatic nitrogens is 1. The second-order valence-corrected chi connectivity index (χ2v) is 3.41. The first-order chi connectivity index (χ1) is 7.30. The molecule has 0 fully saturated rings. The van der Waals surface area contributed by atoms with Crippen LogP contribution in [-0.4, -0.2) is 17.6 Å². The van der Waals surface area contributed by atoms with Crippen molar-refractivity contribution in [2.75, 3.05) is 11.9 Å². The Labute approximate surface area is 90.1 Å². The molecule has 0 radical (unpaired) electrons. The van der Waals surface area contributed by atoms with Crippen molar-refractivity contribution in [2.45, 2.75) is 25.8 Å². The minimum atomic E-state index is 0.282. The molecule has 0 bridgehead atoms. The highest BCUT2D eigenvalue weighted by Gasteiger charge is 2.04. The van der Waals surface area contributed by atoms with Crippen molar-refractivity contribution in [3.8, 4) is 6.07 Å². The molecule has 0 aromatic carbocycles. The molecule has 1 atom stereocenters. The number of anilines is 1. The lowest BCUT2D eigenvalue weighted by Crippen LogP contribution is -2.28. The van der Waals surface area contributed by atoms with Crippen molar-refractivity contribution in [2.24, 2.45) is 5.73 Å². The number of rotatable bonds is 5. The Morgan fingerprint density at radius 2 is 2.40 bits per heavy atom. The summed E-state index contributed by atoms with van der Waals surface area (Å²) in [5.74, 6) is 0. The lowest BCUT2D eigenvalue weighted by atomic mass is 10.1. The molecular formula is C11H16N4. The quantitative estimate of drug-likeness (QED) is 0.762. The van der Waals surface area contributed by atoms with Gasteiger partial charge in [-0.05, 0) is 18.6 Å². The van der Waals surface area contributed by atoms with Crippen LogP contribution in [0.1, 0.15) is 25.5 Å². The first kappa shape index (κ1) is 11.5. The molecule has 1 aromatic heterocycles. The minimum absolute atomic E-state index is 0.282. The van der Waals surface area contributed by atoms with E-state index in [1.54, 1.807) is 12.3 Å². The summed E-state index contributed by atoms with van der Waals surface area (Å²) in [5.41, 5.74) is 6.97. The van der Waals surface area contributed by atoms with E-state index in [4.69, 9.17) is 11.0 Å². The van der Waals surface area contributed by atoms with E-state index >= 15 is 0 Å². The van der Waals surface area contributed by atoms with Crippen molar-refractivity contribution >= 4 is 5.69 Å². The smallest absolute Gasteiger partial charge is 0.140 e. The van der Waals surface area contributed by atoms with E-state index in [9.17, 15) is 0 Å². The monoisotopic (exact) mass is 204 g/mol. The third kappa shape index (κ3) is 3.56. The van der Waals surface area contributed by atoms with Gasteiger partial charge in [-0.25, -0.2) is 4.98 Å². The van der Waals surface area contributed by atoms with Crippen LogP contribution in [0.4, 0.5) is 5.69 Å². The van der Waals surface area contributed by atoms with Gasteiger partial charge in [-0.15, -0.1) is 0 Å². The zero-order chi connectivity index (χ0) is 11.1. The van der Waals surface area contributed by atoms with Crippen LogP contribution in [0.3, 0.4) is 0 Å². The predicted octanol–water partition coefficient (Wildman–Crippen LogP) is 1.49. The average Bonchev–Trinajstić information content (AvgIpc) is 2.29. The van der Waals surface area contributed by atoms with Gasteiger partial charge in [0.1, 0.15) is 11.8 Å². The topological polar surface area (TPSA) is 74.7 Å². The van der Waals surface area contributed by atoms with Crippen LogP contribution < -0.4 is 11.1 Å². The lowest BCUT2D eigenvalue weighted by molar-refractivity contribution is 0.648. The Hall–Kier alpha value is -1.60. The molecule has 0 spiro atoms. The summed E-state index contributed by atoms with van der Waals surface area (Å²) in [6.45, 7) is 2.73. The number of nitriles is 1. The molecule has 0 amide bonds. The predicted molar refractivity (Wildman–Crippen MR) is 60.3 cm³/mol. The van der Waals surface area contributed by atoms with E-state index in [0.717, 1.165) is 18.5 Å². The number of pyridine rings is 1. The Bertz CT molecular complexity index is 325. The van der Waals surface area contributed by atoms with Crippen LogP contribution in [0.2, 0.25) is 0 Å².